The minimum atomic E-state index is 0.713. The lowest BCUT2D eigenvalue weighted by atomic mass is 10.1. The Hall–Kier alpha value is -0.120. The smallest absolute Gasteiger partial charge is 0.0353 e. The molecule has 2 unspecified atom stereocenters. The summed E-state index contributed by atoms with van der Waals surface area (Å²) in [5.41, 5.74) is 0. The Bertz CT molecular complexity index is 203. The molecule has 3 heteroatoms. The van der Waals surface area contributed by atoms with Gasteiger partial charge in [-0.15, -0.1) is 0 Å². The molecule has 88 valence electrons. The molecule has 1 heterocycles. The first-order chi connectivity index (χ1) is 7.22. The van der Waals surface area contributed by atoms with E-state index in [2.05, 4.69) is 36.1 Å². The predicted octanol–water partition coefficient (Wildman–Crippen LogP) is 0.763. The lowest BCUT2D eigenvalue weighted by Crippen LogP contribution is -2.49. The van der Waals surface area contributed by atoms with Gasteiger partial charge in [0.2, 0.25) is 0 Å². The number of likely N-dealkylation sites (N-methyl/N-ethyl adjacent to an activating group) is 2. The molecule has 2 aliphatic rings. The molecule has 1 aliphatic heterocycles. The van der Waals surface area contributed by atoms with Crippen LogP contribution in [0.3, 0.4) is 0 Å². The van der Waals surface area contributed by atoms with Crippen molar-refractivity contribution in [3.05, 3.63) is 0 Å². The third kappa shape index (κ3) is 2.71. The van der Waals surface area contributed by atoms with Crippen LogP contribution < -0.4 is 5.32 Å². The highest BCUT2D eigenvalue weighted by Gasteiger charge is 2.38. The van der Waals surface area contributed by atoms with E-state index >= 15 is 0 Å². The average molecular weight is 211 g/mol. The van der Waals surface area contributed by atoms with Crippen LogP contribution in [0.2, 0.25) is 0 Å². The van der Waals surface area contributed by atoms with Crippen LogP contribution in [-0.2, 0) is 0 Å². The monoisotopic (exact) mass is 211 g/mol. The quantitative estimate of drug-likeness (QED) is 0.743. The van der Waals surface area contributed by atoms with Gasteiger partial charge >= 0.3 is 0 Å². The van der Waals surface area contributed by atoms with Crippen LogP contribution >= 0.6 is 0 Å². The van der Waals surface area contributed by atoms with Crippen LogP contribution in [0, 0.1) is 0 Å². The van der Waals surface area contributed by atoms with Crippen LogP contribution in [0.15, 0.2) is 0 Å². The molecule has 2 rings (SSSR count). The third-order valence-corrected chi connectivity index (χ3v) is 3.79. The second kappa shape index (κ2) is 4.81. The van der Waals surface area contributed by atoms with E-state index < -0.39 is 0 Å². The van der Waals surface area contributed by atoms with Crippen molar-refractivity contribution in [1.82, 2.24) is 15.1 Å². The van der Waals surface area contributed by atoms with Crippen molar-refractivity contribution in [2.75, 3.05) is 33.7 Å². The average Bonchev–Trinajstić information content (AvgIpc) is 2.98. The lowest BCUT2D eigenvalue weighted by Gasteiger charge is -2.35. The fourth-order valence-corrected chi connectivity index (χ4v) is 2.90. The van der Waals surface area contributed by atoms with Gasteiger partial charge in [0.15, 0.2) is 0 Å². The Kier molecular flexibility index (Phi) is 3.65. The van der Waals surface area contributed by atoms with E-state index in [1.165, 1.54) is 32.4 Å². The van der Waals surface area contributed by atoms with E-state index in [-0.39, 0.29) is 0 Å². The van der Waals surface area contributed by atoms with Gasteiger partial charge < -0.3 is 10.2 Å². The van der Waals surface area contributed by atoms with E-state index in [4.69, 9.17) is 0 Å². The van der Waals surface area contributed by atoms with Gasteiger partial charge in [0.1, 0.15) is 0 Å². The van der Waals surface area contributed by atoms with Gasteiger partial charge in [0.05, 0.1) is 0 Å². The van der Waals surface area contributed by atoms with Gasteiger partial charge in [0, 0.05) is 31.2 Å². The summed E-state index contributed by atoms with van der Waals surface area (Å²) in [5, 5.41) is 3.35. The van der Waals surface area contributed by atoms with Crippen molar-refractivity contribution in [3.63, 3.8) is 0 Å². The highest BCUT2D eigenvalue weighted by atomic mass is 15.3. The predicted molar refractivity (Wildman–Crippen MR) is 64.2 cm³/mol. The third-order valence-electron chi connectivity index (χ3n) is 3.79. The summed E-state index contributed by atoms with van der Waals surface area (Å²) in [6.45, 7) is 6.01. The van der Waals surface area contributed by atoms with Crippen LogP contribution in [-0.4, -0.2) is 61.7 Å². The Morgan fingerprint density at radius 2 is 2.00 bits per heavy atom. The highest BCUT2D eigenvalue weighted by Crippen LogP contribution is 2.32. The molecule has 0 aromatic heterocycles. The molecule has 0 aromatic carbocycles. The summed E-state index contributed by atoms with van der Waals surface area (Å²) in [4.78, 5) is 5.26. The van der Waals surface area contributed by atoms with Gasteiger partial charge in [-0.05, 0) is 46.8 Å². The number of hydrogen-bond acceptors (Lipinski definition) is 3. The van der Waals surface area contributed by atoms with E-state index in [9.17, 15) is 0 Å². The molecule has 1 saturated heterocycles. The number of nitrogens with zero attached hydrogens (tertiary/aromatic N) is 2. The maximum absolute atomic E-state index is 3.35. The molecule has 15 heavy (non-hydrogen) atoms. The van der Waals surface area contributed by atoms with Gasteiger partial charge in [-0.1, -0.05) is 0 Å². The number of rotatable bonds is 3. The van der Waals surface area contributed by atoms with Gasteiger partial charge in [0.25, 0.3) is 0 Å². The Balaban J connectivity index is 2.04. The number of nitrogens with one attached hydrogen (secondary N) is 1. The van der Waals surface area contributed by atoms with E-state index in [0.717, 1.165) is 18.6 Å². The summed E-state index contributed by atoms with van der Waals surface area (Å²) < 4.78 is 0. The van der Waals surface area contributed by atoms with Gasteiger partial charge in [-0.2, -0.15) is 0 Å². The van der Waals surface area contributed by atoms with Crippen molar-refractivity contribution < 1.29 is 0 Å². The maximum atomic E-state index is 3.35. The Morgan fingerprint density at radius 3 is 2.60 bits per heavy atom. The fraction of sp³-hybridized carbons (Fsp3) is 1.00. The molecular formula is C12H25N3. The molecule has 0 aromatic rings. The largest absolute Gasteiger partial charge is 0.318 e. The van der Waals surface area contributed by atoms with E-state index in [1.54, 1.807) is 0 Å². The van der Waals surface area contributed by atoms with Crippen LogP contribution in [0.25, 0.3) is 0 Å². The summed E-state index contributed by atoms with van der Waals surface area (Å²) in [6.07, 6.45) is 4.18. The van der Waals surface area contributed by atoms with E-state index in [0.29, 0.717) is 6.04 Å². The van der Waals surface area contributed by atoms with Gasteiger partial charge in [-0.3, -0.25) is 4.90 Å². The minimum absolute atomic E-state index is 0.713. The first-order valence-corrected chi connectivity index (χ1v) is 6.33. The summed E-state index contributed by atoms with van der Waals surface area (Å²) in [6, 6.07) is 2.37. The van der Waals surface area contributed by atoms with Crippen LogP contribution in [0.1, 0.15) is 26.2 Å². The van der Waals surface area contributed by atoms with Crippen molar-refractivity contribution in [3.8, 4) is 0 Å². The zero-order valence-electron chi connectivity index (χ0n) is 10.4. The second-order valence-electron chi connectivity index (χ2n) is 5.29. The molecule has 0 bridgehead atoms. The molecule has 1 N–H and O–H groups in total. The molecular weight excluding hydrogens is 186 g/mol. The summed E-state index contributed by atoms with van der Waals surface area (Å²) >= 11 is 0. The molecule has 1 aliphatic carbocycles. The highest BCUT2D eigenvalue weighted by molar-refractivity contribution is 4.94. The lowest BCUT2D eigenvalue weighted by molar-refractivity contribution is 0.134. The standard InChI is InChI=1S/C12H25N3/c1-10-6-7-14(3)9-12(8-13-2)15(10)11-4-5-11/h10-13H,4-9H2,1-3H3. The maximum Gasteiger partial charge on any atom is 0.0353 e. The molecule has 3 nitrogen and oxygen atoms in total. The minimum Gasteiger partial charge on any atom is -0.318 e. The zero-order chi connectivity index (χ0) is 10.8. The zero-order valence-corrected chi connectivity index (χ0v) is 10.4. The normalized spacial score (nSPS) is 35.4. The molecule has 1 saturated carbocycles. The summed E-state index contributed by atoms with van der Waals surface area (Å²) in [7, 11) is 4.33. The molecule has 0 radical (unpaired) electrons. The SMILES string of the molecule is CNCC1CN(C)CCC(C)N1C1CC1. The van der Waals surface area contributed by atoms with Gasteiger partial charge in [-0.25, -0.2) is 0 Å². The number of hydrogen-bond donors (Lipinski definition) is 1. The molecule has 2 fully saturated rings. The summed E-state index contributed by atoms with van der Waals surface area (Å²) in [5.74, 6) is 0. The van der Waals surface area contributed by atoms with Crippen molar-refractivity contribution in [1.29, 1.82) is 0 Å². The van der Waals surface area contributed by atoms with Crippen LogP contribution in [0.5, 0.6) is 0 Å². The molecule has 2 atom stereocenters. The van der Waals surface area contributed by atoms with Crippen LogP contribution in [0.4, 0.5) is 0 Å². The van der Waals surface area contributed by atoms with Crippen molar-refractivity contribution in [2.45, 2.75) is 44.3 Å². The second-order valence-corrected chi connectivity index (χ2v) is 5.29. The molecule has 0 amide bonds. The van der Waals surface area contributed by atoms with Crippen molar-refractivity contribution >= 4 is 0 Å². The molecule has 0 spiro atoms. The first kappa shape index (κ1) is 11.4. The Morgan fingerprint density at radius 1 is 1.27 bits per heavy atom. The first-order valence-electron chi connectivity index (χ1n) is 6.33. The Labute approximate surface area is 93.8 Å². The fourth-order valence-electron chi connectivity index (χ4n) is 2.90. The topological polar surface area (TPSA) is 18.5 Å². The van der Waals surface area contributed by atoms with Crippen molar-refractivity contribution in [2.24, 2.45) is 0 Å². The van der Waals surface area contributed by atoms with E-state index in [1.807, 2.05) is 0 Å².